The monoisotopic (exact) mass is 359 g/mol. The smallest absolute Gasteiger partial charge is 0.0998 e. The highest BCUT2D eigenvalue weighted by Gasteiger charge is 2.22. The topological polar surface area (TPSA) is 23.8 Å². The number of nitriles is 1. The molecule has 142 valence electrons. The van der Waals surface area contributed by atoms with Gasteiger partial charge in [-0.25, -0.2) is 0 Å². The van der Waals surface area contributed by atoms with E-state index in [9.17, 15) is 5.26 Å². The Balaban J connectivity index is 1.56. The summed E-state index contributed by atoms with van der Waals surface area (Å²) in [5.74, 6) is 1.57. The van der Waals surface area contributed by atoms with E-state index in [0.717, 1.165) is 22.6 Å². The third-order valence-corrected chi connectivity index (χ3v) is 6.28. The largest absolute Gasteiger partial charge is 0.192 e. The van der Waals surface area contributed by atoms with Crippen molar-refractivity contribution >= 4 is 0 Å². The number of nitrogens with zero attached hydrogens (tertiary/aromatic N) is 1. The fourth-order valence-electron chi connectivity index (χ4n) is 4.60. The Kier molecular flexibility index (Phi) is 7.52. The molecule has 0 amide bonds. The SMILES string of the molecule is CCCCCCC[C@H]1CC[C@H](c2ccc(-c3ccccc3)c(C#N)c2)CC1. The van der Waals surface area contributed by atoms with Gasteiger partial charge in [0, 0.05) is 0 Å². The second kappa shape index (κ2) is 10.3. The van der Waals surface area contributed by atoms with Crippen LogP contribution in [0.15, 0.2) is 48.5 Å². The maximum atomic E-state index is 9.65. The fourth-order valence-corrected chi connectivity index (χ4v) is 4.60. The summed E-state index contributed by atoms with van der Waals surface area (Å²) in [7, 11) is 0. The van der Waals surface area contributed by atoms with Crippen LogP contribution in [0.3, 0.4) is 0 Å². The van der Waals surface area contributed by atoms with Crippen molar-refractivity contribution in [3.05, 3.63) is 59.7 Å². The van der Waals surface area contributed by atoms with Crippen molar-refractivity contribution in [3.8, 4) is 17.2 Å². The number of rotatable bonds is 8. The maximum absolute atomic E-state index is 9.65. The van der Waals surface area contributed by atoms with Crippen LogP contribution in [0.1, 0.15) is 88.2 Å². The quantitative estimate of drug-likeness (QED) is 0.440. The van der Waals surface area contributed by atoms with Crippen LogP contribution in [-0.2, 0) is 0 Å². The molecule has 1 heteroatoms. The van der Waals surface area contributed by atoms with Gasteiger partial charge in [0.25, 0.3) is 0 Å². The zero-order valence-corrected chi connectivity index (χ0v) is 16.8. The van der Waals surface area contributed by atoms with Crippen molar-refractivity contribution in [2.75, 3.05) is 0 Å². The molecule has 2 aromatic carbocycles. The summed E-state index contributed by atoms with van der Waals surface area (Å²) in [5.41, 5.74) is 4.37. The molecule has 1 nitrogen and oxygen atoms in total. The van der Waals surface area contributed by atoms with Crippen LogP contribution in [0.25, 0.3) is 11.1 Å². The Morgan fingerprint density at radius 1 is 0.889 bits per heavy atom. The van der Waals surface area contributed by atoms with Gasteiger partial charge in [-0.1, -0.05) is 87.9 Å². The molecule has 1 saturated carbocycles. The Hall–Kier alpha value is -2.07. The zero-order chi connectivity index (χ0) is 18.9. The predicted molar refractivity (Wildman–Crippen MR) is 115 cm³/mol. The Bertz CT molecular complexity index is 733. The highest BCUT2D eigenvalue weighted by Crippen LogP contribution is 2.39. The Morgan fingerprint density at radius 3 is 2.33 bits per heavy atom. The first-order valence-electron chi connectivity index (χ1n) is 10.9. The molecular weight excluding hydrogens is 326 g/mol. The highest BCUT2D eigenvalue weighted by atomic mass is 14.3. The van der Waals surface area contributed by atoms with Gasteiger partial charge in [0.15, 0.2) is 0 Å². The normalized spacial score (nSPS) is 19.6. The van der Waals surface area contributed by atoms with Gasteiger partial charge in [0.1, 0.15) is 0 Å². The third kappa shape index (κ3) is 5.46. The van der Waals surface area contributed by atoms with Crippen LogP contribution in [0.2, 0.25) is 0 Å². The molecule has 0 atom stereocenters. The Labute approximate surface area is 165 Å². The van der Waals surface area contributed by atoms with E-state index in [0.29, 0.717) is 5.92 Å². The Morgan fingerprint density at radius 2 is 1.63 bits per heavy atom. The van der Waals surface area contributed by atoms with E-state index in [2.05, 4.69) is 43.3 Å². The van der Waals surface area contributed by atoms with Crippen molar-refractivity contribution in [3.63, 3.8) is 0 Å². The zero-order valence-electron chi connectivity index (χ0n) is 16.8. The van der Waals surface area contributed by atoms with Gasteiger partial charge in [-0.2, -0.15) is 5.26 Å². The van der Waals surface area contributed by atoms with E-state index in [-0.39, 0.29) is 0 Å². The van der Waals surface area contributed by atoms with Crippen molar-refractivity contribution in [2.45, 2.75) is 77.0 Å². The second-order valence-corrected chi connectivity index (χ2v) is 8.20. The average Bonchev–Trinajstić information content (AvgIpc) is 2.74. The van der Waals surface area contributed by atoms with E-state index >= 15 is 0 Å². The van der Waals surface area contributed by atoms with Crippen LogP contribution in [0.4, 0.5) is 0 Å². The van der Waals surface area contributed by atoms with Crippen LogP contribution in [-0.4, -0.2) is 0 Å². The lowest BCUT2D eigenvalue weighted by Gasteiger charge is -2.29. The minimum atomic E-state index is 0.637. The molecule has 1 aliphatic rings. The van der Waals surface area contributed by atoms with Crippen molar-refractivity contribution < 1.29 is 0 Å². The summed E-state index contributed by atoms with van der Waals surface area (Å²) in [6.45, 7) is 2.28. The molecule has 0 saturated heterocycles. The third-order valence-electron chi connectivity index (χ3n) is 6.28. The lowest BCUT2D eigenvalue weighted by atomic mass is 9.76. The van der Waals surface area contributed by atoms with Gasteiger partial charge >= 0.3 is 0 Å². The van der Waals surface area contributed by atoms with Crippen LogP contribution < -0.4 is 0 Å². The van der Waals surface area contributed by atoms with Crippen molar-refractivity contribution in [1.29, 1.82) is 5.26 Å². The van der Waals surface area contributed by atoms with Gasteiger partial charge in [-0.05, 0) is 60.3 Å². The molecule has 27 heavy (non-hydrogen) atoms. The van der Waals surface area contributed by atoms with Gasteiger partial charge in [-0.15, -0.1) is 0 Å². The molecule has 0 aromatic heterocycles. The summed E-state index contributed by atoms with van der Waals surface area (Å²) >= 11 is 0. The lowest BCUT2D eigenvalue weighted by Crippen LogP contribution is -2.13. The molecule has 0 radical (unpaired) electrons. The highest BCUT2D eigenvalue weighted by molar-refractivity contribution is 5.71. The molecule has 2 aromatic rings. The number of benzene rings is 2. The molecule has 0 N–H and O–H groups in total. The van der Waals surface area contributed by atoms with Crippen LogP contribution >= 0.6 is 0 Å². The van der Waals surface area contributed by atoms with Gasteiger partial charge < -0.3 is 0 Å². The van der Waals surface area contributed by atoms with Crippen molar-refractivity contribution in [1.82, 2.24) is 0 Å². The molecule has 1 aliphatic carbocycles. The maximum Gasteiger partial charge on any atom is 0.0998 e. The predicted octanol–water partition coefficient (Wildman–Crippen LogP) is 7.86. The average molecular weight is 360 g/mol. The summed E-state index contributed by atoms with van der Waals surface area (Å²) in [5, 5.41) is 9.65. The summed E-state index contributed by atoms with van der Waals surface area (Å²) in [4.78, 5) is 0. The number of hydrogen-bond donors (Lipinski definition) is 0. The summed E-state index contributed by atoms with van der Waals surface area (Å²) in [6, 6.07) is 19.3. The van der Waals surface area contributed by atoms with Gasteiger partial charge in [-0.3, -0.25) is 0 Å². The fraction of sp³-hybridized carbons (Fsp3) is 0.500. The lowest BCUT2D eigenvalue weighted by molar-refractivity contribution is 0.302. The summed E-state index contributed by atoms with van der Waals surface area (Å²) in [6.07, 6.45) is 13.7. The van der Waals surface area contributed by atoms with Crippen molar-refractivity contribution in [2.24, 2.45) is 5.92 Å². The number of unbranched alkanes of at least 4 members (excludes halogenated alkanes) is 4. The second-order valence-electron chi connectivity index (χ2n) is 8.20. The van der Waals surface area contributed by atoms with E-state index in [4.69, 9.17) is 0 Å². The van der Waals surface area contributed by atoms with E-state index in [1.807, 2.05) is 18.2 Å². The minimum Gasteiger partial charge on any atom is -0.192 e. The molecule has 0 bridgehead atoms. The molecule has 0 spiro atoms. The summed E-state index contributed by atoms with van der Waals surface area (Å²) < 4.78 is 0. The first kappa shape index (κ1) is 19.7. The minimum absolute atomic E-state index is 0.637. The van der Waals surface area contributed by atoms with Gasteiger partial charge in [0.05, 0.1) is 11.6 Å². The molecule has 3 rings (SSSR count). The first-order chi connectivity index (χ1) is 13.3. The number of hydrogen-bond acceptors (Lipinski definition) is 1. The standard InChI is InChI=1S/C26H33N/c1-2-3-4-5-7-10-21-13-15-22(16-14-21)24-17-18-26(25(19-24)20-27)23-11-8-6-9-12-23/h6,8-9,11-12,17-19,21-22H,2-5,7,10,13-16H2,1H3/t21-,22-. The van der Waals surface area contributed by atoms with Crippen LogP contribution in [0, 0.1) is 17.2 Å². The molecular formula is C26H33N. The van der Waals surface area contributed by atoms with Gasteiger partial charge in [0.2, 0.25) is 0 Å². The molecule has 0 heterocycles. The van der Waals surface area contributed by atoms with E-state index < -0.39 is 0 Å². The first-order valence-corrected chi connectivity index (χ1v) is 10.9. The van der Waals surface area contributed by atoms with E-state index in [1.165, 1.54) is 69.8 Å². The molecule has 1 fully saturated rings. The molecule has 0 unspecified atom stereocenters. The molecule has 0 aliphatic heterocycles. The van der Waals surface area contributed by atoms with E-state index in [1.54, 1.807) is 0 Å². The van der Waals surface area contributed by atoms with Crippen LogP contribution in [0.5, 0.6) is 0 Å².